The molecule has 1 aromatic carbocycles. The van der Waals surface area contributed by atoms with E-state index >= 15 is 0 Å². The van der Waals surface area contributed by atoms with Gasteiger partial charge in [0.25, 0.3) is 0 Å². The van der Waals surface area contributed by atoms with Crippen LogP contribution in [0.25, 0.3) is 0 Å². The number of amides is 1. The maximum absolute atomic E-state index is 12.2. The highest BCUT2D eigenvalue weighted by Gasteiger charge is 2.16. The van der Waals surface area contributed by atoms with E-state index in [1.54, 1.807) is 17.6 Å². The average molecular weight is 348 g/mol. The molecule has 25 heavy (non-hydrogen) atoms. The third-order valence-electron chi connectivity index (χ3n) is 3.62. The first-order valence-electron chi connectivity index (χ1n) is 7.74. The number of rotatable bonds is 6. The molecule has 0 bridgehead atoms. The van der Waals surface area contributed by atoms with E-state index in [0.717, 1.165) is 11.3 Å². The predicted molar refractivity (Wildman–Crippen MR) is 98.2 cm³/mol. The van der Waals surface area contributed by atoms with E-state index in [2.05, 4.69) is 21.7 Å². The second-order valence-corrected chi connectivity index (χ2v) is 6.22. The van der Waals surface area contributed by atoms with Gasteiger partial charge in [-0.15, -0.1) is 11.3 Å². The lowest BCUT2D eigenvalue weighted by Crippen LogP contribution is -2.32. The molecule has 0 fully saturated rings. The van der Waals surface area contributed by atoms with Crippen molar-refractivity contribution in [2.75, 3.05) is 11.9 Å². The van der Waals surface area contributed by atoms with Crippen molar-refractivity contribution in [3.8, 4) is 6.07 Å². The quantitative estimate of drug-likeness (QED) is 0.716. The van der Waals surface area contributed by atoms with Crippen molar-refractivity contribution in [2.24, 2.45) is 0 Å². The molecule has 2 heterocycles. The summed E-state index contributed by atoms with van der Waals surface area (Å²) in [6, 6.07) is 19.1. The number of anilines is 1. The standard InChI is InChI=1S/C19H16N4OS/c20-12-15-9-11-25-19(15)23-17(24)13-22-18(14-6-2-1-3-7-14)16-8-4-5-10-21-16/h1-11,18,22H,13H2,(H,23,24). The molecule has 3 aromatic rings. The number of pyridine rings is 1. The molecule has 1 unspecified atom stereocenters. The lowest BCUT2D eigenvalue weighted by atomic mass is 10.0. The highest BCUT2D eigenvalue weighted by Crippen LogP contribution is 2.22. The number of hydrogen-bond acceptors (Lipinski definition) is 5. The van der Waals surface area contributed by atoms with Crippen LogP contribution in [0.5, 0.6) is 0 Å². The van der Waals surface area contributed by atoms with Crippen LogP contribution in [-0.2, 0) is 4.79 Å². The molecule has 6 heteroatoms. The van der Waals surface area contributed by atoms with Crippen LogP contribution in [0.2, 0.25) is 0 Å². The summed E-state index contributed by atoms with van der Waals surface area (Å²) in [4.78, 5) is 16.7. The Kier molecular flexibility index (Phi) is 5.52. The lowest BCUT2D eigenvalue weighted by Gasteiger charge is -2.18. The number of carbonyl (C=O) groups excluding carboxylic acids is 1. The van der Waals surface area contributed by atoms with Crippen molar-refractivity contribution >= 4 is 22.2 Å². The Morgan fingerprint density at radius 2 is 1.96 bits per heavy atom. The number of nitrogens with zero attached hydrogens (tertiary/aromatic N) is 2. The number of hydrogen-bond donors (Lipinski definition) is 2. The number of benzene rings is 1. The zero-order chi connectivity index (χ0) is 17.5. The molecular formula is C19H16N4OS. The van der Waals surface area contributed by atoms with Crippen molar-refractivity contribution in [1.29, 1.82) is 5.26 Å². The topological polar surface area (TPSA) is 77.8 Å². The normalized spacial score (nSPS) is 11.5. The maximum Gasteiger partial charge on any atom is 0.238 e. The van der Waals surface area contributed by atoms with Crippen LogP contribution < -0.4 is 10.6 Å². The van der Waals surface area contributed by atoms with Crippen LogP contribution in [0.4, 0.5) is 5.00 Å². The van der Waals surface area contributed by atoms with E-state index < -0.39 is 0 Å². The smallest absolute Gasteiger partial charge is 0.238 e. The zero-order valence-corrected chi connectivity index (χ0v) is 14.2. The summed E-state index contributed by atoms with van der Waals surface area (Å²) in [6.07, 6.45) is 1.73. The van der Waals surface area contributed by atoms with Crippen molar-refractivity contribution < 1.29 is 4.79 Å². The highest BCUT2D eigenvalue weighted by atomic mass is 32.1. The Balaban J connectivity index is 1.71. The molecule has 1 amide bonds. The summed E-state index contributed by atoms with van der Waals surface area (Å²) < 4.78 is 0. The van der Waals surface area contributed by atoms with E-state index in [1.165, 1.54) is 11.3 Å². The SMILES string of the molecule is N#Cc1ccsc1NC(=O)CNC(c1ccccc1)c1ccccn1. The Labute approximate surface area is 150 Å². The van der Waals surface area contributed by atoms with E-state index in [0.29, 0.717) is 10.6 Å². The summed E-state index contributed by atoms with van der Waals surface area (Å²) in [5, 5.41) is 17.4. The van der Waals surface area contributed by atoms with Crippen molar-refractivity contribution in [1.82, 2.24) is 10.3 Å². The van der Waals surface area contributed by atoms with Gasteiger partial charge in [0.1, 0.15) is 11.1 Å². The Morgan fingerprint density at radius 3 is 2.68 bits per heavy atom. The van der Waals surface area contributed by atoms with E-state index in [4.69, 9.17) is 5.26 Å². The second-order valence-electron chi connectivity index (χ2n) is 5.30. The van der Waals surface area contributed by atoms with Gasteiger partial charge in [-0.3, -0.25) is 15.1 Å². The molecule has 2 N–H and O–H groups in total. The lowest BCUT2D eigenvalue weighted by molar-refractivity contribution is -0.115. The fourth-order valence-corrected chi connectivity index (χ4v) is 3.20. The summed E-state index contributed by atoms with van der Waals surface area (Å²) in [7, 11) is 0. The van der Waals surface area contributed by atoms with E-state index in [9.17, 15) is 4.79 Å². The summed E-state index contributed by atoms with van der Waals surface area (Å²) >= 11 is 1.33. The molecule has 0 aliphatic heterocycles. The molecule has 0 radical (unpaired) electrons. The van der Waals surface area contributed by atoms with Gasteiger partial charge < -0.3 is 5.32 Å². The van der Waals surface area contributed by atoms with Crippen LogP contribution in [0.15, 0.2) is 66.2 Å². The third-order valence-corrected chi connectivity index (χ3v) is 4.45. The number of aromatic nitrogens is 1. The van der Waals surface area contributed by atoms with E-state index in [1.807, 2.05) is 48.5 Å². The zero-order valence-electron chi connectivity index (χ0n) is 13.3. The molecule has 1 atom stereocenters. The first-order valence-corrected chi connectivity index (χ1v) is 8.62. The minimum atomic E-state index is -0.198. The molecule has 0 saturated carbocycles. The largest absolute Gasteiger partial charge is 0.315 e. The van der Waals surface area contributed by atoms with Crippen molar-refractivity contribution in [3.05, 3.63) is 83.0 Å². The first kappa shape index (κ1) is 16.8. The maximum atomic E-state index is 12.2. The molecule has 0 aliphatic carbocycles. The molecular weight excluding hydrogens is 332 g/mol. The fourth-order valence-electron chi connectivity index (χ4n) is 2.45. The van der Waals surface area contributed by atoms with Gasteiger partial charge in [0.15, 0.2) is 0 Å². The van der Waals surface area contributed by atoms with Gasteiger partial charge in [-0.05, 0) is 29.1 Å². The van der Waals surface area contributed by atoms with Gasteiger partial charge in [-0.2, -0.15) is 5.26 Å². The minimum absolute atomic E-state index is 0.110. The molecule has 124 valence electrons. The number of nitriles is 1. The molecule has 3 rings (SSSR count). The van der Waals surface area contributed by atoms with Gasteiger partial charge >= 0.3 is 0 Å². The van der Waals surface area contributed by atoms with Crippen molar-refractivity contribution in [2.45, 2.75) is 6.04 Å². The monoisotopic (exact) mass is 348 g/mol. The van der Waals surface area contributed by atoms with Crippen LogP contribution in [0.3, 0.4) is 0 Å². The number of nitrogens with one attached hydrogen (secondary N) is 2. The Hall–Kier alpha value is -3.01. The minimum Gasteiger partial charge on any atom is -0.315 e. The molecule has 0 aliphatic rings. The first-order chi connectivity index (χ1) is 12.3. The highest BCUT2D eigenvalue weighted by molar-refractivity contribution is 7.14. The third kappa shape index (κ3) is 4.29. The average Bonchev–Trinajstić information content (AvgIpc) is 3.11. The number of carbonyl (C=O) groups is 1. The van der Waals surface area contributed by atoms with E-state index in [-0.39, 0.29) is 18.5 Å². The Morgan fingerprint density at radius 1 is 1.16 bits per heavy atom. The Bertz CT molecular complexity index is 832. The second kappa shape index (κ2) is 8.20. The van der Waals surface area contributed by atoms with Gasteiger partial charge in [-0.1, -0.05) is 36.4 Å². The van der Waals surface area contributed by atoms with Gasteiger partial charge in [0, 0.05) is 6.20 Å². The molecule has 5 nitrogen and oxygen atoms in total. The number of thiophene rings is 1. The fraction of sp³-hybridized carbons (Fsp3) is 0.105. The van der Waals surface area contributed by atoms with Crippen LogP contribution >= 0.6 is 11.3 Å². The van der Waals surface area contributed by atoms with Crippen LogP contribution in [0, 0.1) is 11.3 Å². The molecule has 0 saturated heterocycles. The molecule has 0 spiro atoms. The summed E-state index contributed by atoms with van der Waals surface area (Å²) in [5.74, 6) is -0.198. The van der Waals surface area contributed by atoms with Gasteiger partial charge in [0.05, 0.1) is 23.8 Å². The van der Waals surface area contributed by atoms with Gasteiger partial charge in [-0.25, -0.2) is 0 Å². The summed E-state index contributed by atoms with van der Waals surface area (Å²) in [6.45, 7) is 0.110. The molecule has 2 aromatic heterocycles. The van der Waals surface area contributed by atoms with Crippen molar-refractivity contribution in [3.63, 3.8) is 0 Å². The summed E-state index contributed by atoms with van der Waals surface area (Å²) in [5.41, 5.74) is 2.35. The van der Waals surface area contributed by atoms with Gasteiger partial charge in [0.2, 0.25) is 5.91 Å². The van der Waals surface area contributed by atoms with Crippen LogP contribution in [0.1, 0.15) is 22.9 Å². The predicted octanol–water partition coefficient (Wildman–Crippen LogP) is 3.33. The van der Waals surface area contributed by atoms with Crippen LogP contribution in [-0.4, -0.2) is 17.4 Å².